The van der Waals surface area contributed by atoms with E-state index in [1.165, 1.54) is 0 Å². The number of hydrogen-bond acceptors (Lipinski definition) is 2. The number of hydrogen-bond donors (Lipinski definition) is 1. The number of carbonyl (C=O) groups excluding carboxylic acids is 1. The maximum absolute atomic E-state index is 12.3. The molecule has 0 radical (unpaired) electrons. The first-order valence-electron chi connectivity index (χ1n) is 6.20. The molecule has 1 N–H and O–H groups in total. The maximum atomic E-state index is 12.3. The zero-order valence-corrected chi connectivity index (χ0v) is 10.2. The van der Waals surface area contributed by atoms with Gasteiger partial charge >= 0.3 is 0 Å². The number of rotatable bonds is 4. The predicted molar refractivity (Wildman–Crippen MR) is 66.6 cm³/mol. The van der Waals surface area contributed by atoms with Crippen LogP contribution in [0.2, 0.25) is 0 Å². The van der Waals surface area contributed by atoms with Gasteiger partial charge in [-0.25, -0.2) is 0 Å². The monoisotopic (exact) mass is 233 g/mol. The Balaban J connectivity index is 2.02. The highest BCUT2D eigenvalue weighted by atomic mass is 16.3. The lowest BCUT2D eigenvalue weighted by Crippen LogP contribution is -2.52. The molecule has 0 saturated carbocycles. The zero-order chi connectivity index (χ0) is 12.3. The van der Waals surface area contributed by atoms with E-state index in [2.05, 4.69) is 0 Å². The largest absolute Gasteiger partial charge is 0.396 e. The lowest BCUT2D eigenvalue weighted by Gasteiger charge is -2.40. The van der Waals surface area contributed by atoms with Crippen LogP contribution in [0.4, 0.5) is 0 Å². The summed E-state index contributed by atoms with van der Waals surface area (Å²) < 4.78 is 0. The average molecular weight is 233 g/mol. The first kappa shape index (κ1) is 12.1. The molecule has 3 nitrogen and oxygen atoms in total. The van der Waals surface area contributed by atoms with E-state index in [-0.39, 0.29) is 24.3 Å². The Kier molecular flexibility index (Phi) is 3.79. The van der Waals surface area contributed by atoms with Gasteiger partial charge in [0.15, 0.2) is 0 Å². The average Bonchev–Trinajstić information content (AvgIpc) is 2.30. The molecular formula is C14H19NO2. The Labute approximate surface area is 102 Å². The topological polar surface area (TPSA) is 40.5 Å². The fraction of sp³-hybridized carbons (Fsp3) is 0.500. The Morgan fingerprint density at radius 3 is 2.59 bits per heavy atom. The molecule has 2 rings (SSSR count). The quantitative estimate of drug-likeness (QED) is 0.858. The first-order chi connectivity index (χ1) is 8.26. The number of amides is 1. The second kappa shape index (κ2) is 5.32. The van der Waals surface area contributed by atoms with Crippen LogP contribution in [0.1, 0.15) is 24.8 Å². The lowest BCUT2D eigenvalue weighted by atomic mass is 9.91. The van der Waals surface area contributed by atoms with Gasteiger partial charge in [0, 0.05) is 25.6 Å². The molecule has 1 aromatic carbocycles. The molecule has 1 amide bonds. The van der Waals surface area contributed by atoms with Crippen LogP contribution in [0.25, 0.3) is 0 Å². The Hall–Kier alpha value is -1.35. The Morgan fingerprint density at radius 1 is 1.41 bits per heavy atom. The van der Waals surface area contributed by atoms with Crippen LogP contribution in [0.15, 0.2) is 30.3 Å². The van der Waals surface area contributed by atoms with Gasteiger partial charge in [-0.2, -0.15) is 0 Å². The van der Waals surface area contributed by atoms with Gasteiger partial charge in [0.05, 0.1) is 5.92 Å². The van der Waals surface area contributed by atoms with E-state index < -0.39 is 0 Å². The van der Waals surface area contributed by atoms with E-state index in [1.54, 1.807) is 0 Å². The van der Waals surface area contributed by atoms with Gasteiger partial charge in [-0.3, -0.25) is 4.79 Å². The second-order valence-electron chi connectivity index (χ2n) is 4.66. The smallest absolute Gasteiger partial charge is 0.230 e. The number of carbonyl (C=O) groups is 1. The van der Waals surface area contributed by atoms with E-state index in [0.29, 0.717) is 13.1 Å². The minimum Gasteiger partial charge on any atom is -0.396 e. The molecular weight excluding hydrogens is 214 g/mol. The van der Waals surface area contributed by atoms with Crippen LogP contribution >= 0.6 is 0 Å². The Bertz CT molecular complexity index is 371. The van der Waals surface area contributed by atoms with Crippen molar-refractivity contribution in [2.24, 2.45) is 5.92 Å². The molecule has 1 aromatic rings. The normalized spacial score (nSPS) is 17.6. The summed E-state index contributed by atoms with van der Waals surface area (Å²) in [6.45, 7) is 3.64. The fourth-order valence-corrected chi connectivity index (χ4v) is 2.32. The molecule has 17 heavy (non-hydrogen) atoms. The second-order valence-corrected chi connectivity index (χ2v) is 4.66. The van der Waals surface area contributed by atoms with Crippen LogP contribution in [0, 0.1) is 5.92 Å². The van der Waals surface area contributed by atoms with Crippen LogP contribution in [0.3, 0.4) is 0 Å². The SMILES string of the molecule is CCC(C(=O)N1CC(CO)C1)c1ccccc1. The highest BCUT2D eigenvalue weighted by Crippen LogP contribution is 2.26. The van der Waals surface area contributed by atoms with Crippen LogP contribution < -0.4 is 0 Å². The van der Waals surface area contributed by atoms with Crippen molar-refractivity contribution in [3.8, 4) is 0 Å². The number of aliphatic hydroxyl groups excluding tert-OH is 1. The van der Waals surface area contributed by atoms with Gasteiger partial charge in [-0.05, 0) is 12.0 Å². The molecule has 92 valence electrons. The minimum absolute atomic E-state index is 0.0316. The molecule has 1 heterocycles. The molecule has 1 atom stereocenters. The molecule has 1 fully saturated rings. The van der Waals surface area contributed by atoms with E-state index >= 15 is 0 Å². The van der Waals surface area contributed by atoms with Gasteiger partial charge in [0.1, 0.15) is 0 Å². The molecule has 0 aliphatic carbocycles. The van der Waals surface area contributed by atoms with Crippen molar-refractivity contribution >= 4 is 5.91 Å². The summed E-state index contributed by atoms with van der Waals surface area (Å²) in [6.07, 6.45) is 0.823. The van der Waals surface area contributed by atoms with E-state index in [1.807, 2.05) is 42.2 Å². The molecule has 1 saturated heterocycles. The van der Waals surface area contributed by atoms with Crippen molar-refractivity contribution in [2.45, 2.75) is 19.3 Å². The van der Waals surface area contributed by atoms with Crippen molar-refractivity contribution in [3.63, 3.8) is 0 Å². The van der Waals surface area contributed by atoms with Gasteiger partial charge in [0.2, 0.25) is 5.91 Å². The van der Waals surface area contributed by atoms with E-state index in [9.17, 15) is 4.79 Å². The van der Waals surface area contributed by atoms with Crippen molar-refractivity contribution in [1.29, 1.82) is 0 Å². The van der Waals surface area contributed by atoms with E-state index in [0.717, 1.165) is 12.0 Å². The summed E-state index contributed by atoms with van der Waals surface area (Å²) in [5.74, 6) is 0.450. The standard InChI is InChI=1S/C14H19NO2/c1-2-13(12-6-4-3-5-7-12)14(17)15-8-11(9-15)10-16/h3-7,11,13,16H,2,8-10H2,1H3. The predicted octanol–water partition coefficient (Wildman–Crippen LogP) is 1.63. The lowest BCUT2D eigenvalue weighted by molar-refractivity contribution is -0.140. The molecule has 0 aromatic heterocycles. The third-order valence-electron chi connectivity index (χ3n) is 3.44. The molecule has 0 bridgehead atoms. The highest BCUT2D eigenvalue weighted by molar-refractivity contribution is 5.84. The zero-order valence-electron chi connectivity index (χ0n) is 10.2. The van der Waals surface area contributed by atoms with Gasteiger partial charge in [0.25, 0.3) is 0 Å². The molecule has 1 aliphatic heterocycles. The van der Waals surface area contributed by atoms with Crippen LogP contribution in [0.5, 0.6) is 0 Å². The third kappa shape index (κ3) is 2.50. The minimum atomic E-state index is -0.0316. The number of likely N-dealkylation sites (tertiary alicyclic amines) is 1. The van der Waals surface area contributed by atoms with Gasteiger partial charge < -0.3 is 10.0 Å². The molecule has 1 unspecified atom stereocenters. The molecule has 0 spiro atoms. The van der Waals surface area contributed by atoms with E-state index in [4.69, 9.17) is 5.11 Å². The summed E-state index contributed by atoms with van der Waals surface area (Å²) >= 11 is 0. The van der Waals surface area contributed by atoms with Gasteiger partial charge in [-0.1, -0.05) is 37.3 Å². The first-order valence-corrected chi connectivity index (χ1v) is 6.20. The summed E-state index contributed by atoms with van der Waals surface area (Å²) in [7, 11) is 0. The summed E-state index contributed by atoms with van der Waals surface area (Å²) in [5.41, 5.74) is 1.09. The highest BCUT2D eigenvalue weighted by Gasteiger charge is 2.33. The van der Waals surface area contributed by atoms with Crippen molar-refractivity contribution < 1.29 is 9.90 Å². The van der Waals surface area contributed by atoms with Crippen LogP contribution in [-0.2, 0) is 4.79 Å². The third-order valence-corrected chi connectivity index (χ3v) is 3.44. The number of benzene rings is 1. The Morgan fingerprint density at radius 2 is 2.06 bits per heavy atom. The van der Waals surface area contributed by atoms with Crippen molar-refractivity contribution in [2.75, 3.05) is 19.7 Å². The molecule has 1 aliphatic rings. The van der Waals surface area contributed by atoms with Crippen molar-refractivity contribution in [3.05, 3.63) is 35.9 Å². The number of aliphatic hydroxyl groups is 1. The summed E-state index contributed by atoms with van der Waals surface area (Å²) in [6, 6.07) is 9.92. The van der Waals surface area contributed by atoms with Crippen LogP contribution in [-0.4, -0.2) is 35.6 Å². The number of nitrogens with zero attached hydrogens (tertiary/aromatic N) is 1. The summed E-state index contributed by atoms with van der Waals surface area (Å²) in [4.78, 5) is 14.1. The van der Waals surface area contributed by atoms with Gasteiger partial charge in [-0.15, -0.1) is 0 Å². The maximum Gasteiger partial charge on any atom is 0.230 e. The molecule has 3 heteroatoms. The fourth-order valence-electron chi connectivity index (χ4n) is 2.32. The summed E-state index contributed by atoms with van der Waals surface area (Å²) in [5, 5.41) is 8.96. The van der Waals surface area contributed by atoms with Crippen molar-refractivity contribution in [1.82, 2.24) is 4.90 Å².